The Hall–Kier alpha value is -1.76. The molecule has 7 heteroatoms. The quantitative estimate of drug-likeness (QED) is 0.778. The summed E-state index contributed by atoms with van der Waals surface area (Å²) in [6.45, 7) is 0. The molecule has 100 valence electrons. The lowest BCUT2D eigenvalue weighted by molar-refractivity contribution is -0.138. The highest BCUT2D eigenvalue weighted by Crippen LogP contribution is 2.36. The summed E-state index contributed by atoms with van der Waals surface area (Å²) in [5, 5.41) is 17.5. The van der Waals surface area contributed by atoms with Crippen LogP contribution in [0.4, 0.5) is 13.2 Å². The van der Waals surface area contributed by atoms with E-state index in [1.807, 2.05) is 0 Å². The minimum absolute atomic E-state index is 0.108. The number of carboxylic acids is 1. The van der Waals surface area contributed by atoms with E-state index in [1.165, 1.54) is 0 Å². The van der Waals surface area contributed by atoms with Crippen molar-refractivity contribution < 1.29 is 28.2 Å². The van der Waals surface area contributed by atoms with E-state index in [9.17, 15) is 18.0 Å². The molecule has 0 aliphatic carbocycles. The van der Waals surface area contributed by atoms with Crippen molar-refractivity contribution in [3.8, 4) is 5.75 Å². The van der Waals surface area contributed by atoms with Crippen LogP contribution in [0.2, 0.25) is 0 Å². The summed E-state index contributed by atoms with van der Waals surface area (Å²) in [4.78, 5) is 10.4. The van der Waals surface area contributed by atoms with Crippen LogP contribution < -0.4 is 5.73 Å². The van der Waals surface area contributed by atoms with Crippen LogP contribution in [0.1, 0.15) is 30.0 Å². The number of alkyl halides is 3. The van der Waals surface area contributed by atoms with Gasteiger partial charge in [0.2, 0.25) is 0 Å². The highest BCUT2D eigenvalue weighted by Gasteiger charge is 2.35. The van der Waals surface area contributed by atoms with Gasteiger partial charge in [-0.3, -0.25) is 4.79 Å². The predicted molar refractivity (Wildman–Crippen MR) is 56.9 cm³/mol. The Bertz CT molecular complexity index is 446. The van der Waals surface area contributed by atoms with Crippen LogP contribution in [-0.2, 0) is 11.0 Å². The third-order valence-corrected chi connectivity index (χ3v) is 2.41. The maximum Gasteiger partial charge on any atom is 0.416 e. The summed E-state index contributed by atoms with van der Waals surface area (Å²) >= 11 is 0. The molecule has 0 saturated carbocycles. The molecule has 1 unspecified atom stereocenters. The number of benzene rings is 1. The lowest BCUT2D eigenvalue weighted by atomic mass is 9.97. The molecule has 18 heavy (non-hydrogen) atoms. The first-order chi connectivity index (χ1) is 8.21. The lowest BCUT2D eigenvalue weighted by Gasteiger charge is -2.18. The van der Waals surface area contributed by atoms with E-state index in [-0.39, 0.29) is 18.4 Å². The molecule has 4 nitrogen and oxygen atoms in total. The first-order valence-corrected chi connectivity index (χ1v) is 5.09. The highest BCUT2D eigenvalue weighted by molar-refractivity contribution is 5.66. The van der Waals surface area contributed by atoms with Gasteiger partial charge in [-0.1, -0.05) is 6.07 Å². The molecule has 1 aromatic rings. The SMILES string of the molecule is NC(CCC(=O)O)c1ccc(O)cc1C(F)(F)F. The molecule has 4 N–H and O–H groups in total. The molecule has 0 bridgehead atoms. The number of hydrogen-bond donors (Lipinski definition) is 3. The van der Waals surface area contributed by atoms with Crippen LogP contribution >= 0.6 is 0 Å². The molecule has 1 atom stereocenters. The third-order valence-electron chi connectivity index (χ3n) is 2.41. The van der Waals surface area contributed by atoms with Crippen LogP contribution in [-0.4, -0.2) is 16.2 Å². The van der Waals surface area contributed by atoms with Crippen molar-refractivity contribution in [3.05, 3.63) is 29.3 Å². The molecule has 0 amide bonds. The van der Waals surface area contributed by atoms with E-state index in [0.29, 0.717) is 6.07 Å². The van der Waals surface area contributed by atoms with Crippen molar-refractivity contribution >= 4 is 5.97 Å². The van der Waals surface area contributed by atoms with Gasteiger partial charge in [0.25, 0.3) is 0 Å². The smallest absolute Gasteiger partial charge is 0.416 e. The second kappa shape index (κ2) is 5.26. The lowest BCUT2D eigenvalue weighted by Crippen LogP contribution is -2.18. The number of hydrogen-bond acceptors (Lipinski definition) is 3. The maximum absolute atomic E-state index is 12.7. The van der Waals surface area contributed by atoms with Crippen LogP contribution in [0.15, 0.2) is 18.2 Å². The number of nitrogens with two attached hydrogens (primary N) is 1. The number of carbonyl (C=O) groups is 1. The van der Waals surface area contributed by atoms with Crippen LogP contribution in [0.3, 0.4) is 0 Å². The Balaban J connectivity index is 3.04. The van der Waals surface area contributed by atoms with E-state index in [4.69, 9.17) is 15.9 Å². The summed E-state index contributed by atoms with van der Waals surface area (Å²) in [6, 6.07) is 1.68. The van der Waals surface area contributed by atoms with Gasteiger partial charge in [-0.2, -0.15) is 13.2 Å². The fourth-order valence-electron chi connectivity index (χ4n) is 1.55. The molecular formula is C11H12F3NO3. The number of phenols is 1. The van der Waals surface area contributed by atoms with Crippen LogP contribution in [0.5, 0.6) is 5.75 Å². The molecular weight excluding hydrogens is 251 g/mol. The fraction of sp³-hybridized carbons (Fsp3) is 0.364. The van der Waals surface area contributed by atoms with Gasteiger partial charge in [-0.05, 0) is 24.1 Å². The molecule has 1 aromatic carbocycles. The Labute approximate surface area is 101 Å². The van der Waals surface area contributed by atoms with Crippen molar-refractivity contribution in [3.63, 3.8) is 0 Å². The number of aliphatic carboxylic acids is 1. The molecule has 1 rings (SSSR count). The zero-order valence-electron chi connectivity index (χ0n) is 9.24. The van der Waals surface area contributed by atoms with Crippen molar-refractivity contribution in [2.24, 2.45) is 5.73 Å². The molecule has 0 aromatic heterocycles. The second-order valence-electron chi connectivity index (χ2n) is 3.81. The molecule has 0 spiro atoms. The average Bonchev–Trinajstić information content (AvgIpc) is 2.24. The molecule has 0 aliphatic heterocycles. The Morgan fingerprint density at radius 1 is 1.39 bits per heavy atom. The molecule has 0 radical (unpaired) electrons. The minimum atomic E-state index is -4.64. The van der Waals surface area contributed by atoms with Gasteiger partial charge in [0, 0.05) is 12.5 Å². The summed E-state index contributed by atoms with van der Waals surface area (Å²) in [5.41, 5.74) is 4.28. The Morgan fingerprint density at radius 2 is 2.00 bits per heavy atom. The van der Waals surface area contributed by atoms with Crippen molar-refractivity contribution in [1.29, 1.82) is 0 Å². The zero-order valence-corrected chi connectivity index (χ0v) is 9.24. The number of halogens is 3. The predicted octanol–water partition coefficient (Wildman–Crippen LogP) is 2.28. The minimum Gasteiger partial charge on any atom is -0.508 e. The number of rotatable bonds is 4. The number of aromatic hydroxyl groups is 1. The van der Waals surface area contributed by atoms with Crippen LogP contribution in [0, 0.1) is 0 Å². The van der Waals surface area contributed by atoms with Crippen LogP contribution in [0.25, 0.3) is 0 Å². The maximum atomic E-state index is 12.7. The summed E-state index contributed by atoms with van der Waals surface area (Å²) in [7, 11) is 0. The van der Waals surface area contributed by atoms with Crippen molar-refractivity contribution in [2.45, 2.75) is 25.1 Å². The number of phenolic OH excluding ortho intramolecular Hbond substituents is 1. The monoisotopic (exact) mass is 263 g/mol. The van der Waals surface area contributed by atoms with Gasteiger partial charge in [0.1, 0.15) is 5.75 Å². The van der Waals surface area contributed by atoms with Crippen molar-refractivity contribution in [2.75, 3.05) is 0 Å². The highest BCUT2D eigenvalue weighted by atomic mass is 19.4. The molecule has 0 saturated heterocycles. The van der Waals surface area contributed by atoms with Gasteiger partial charge in [0.15, 0.2) is 0 Å². The summed E-state index contributed by atoms with van der Waals surface area (Å²) in [6.07, 6.45) is -5.07. The van der Waals surface area contributed by atoms with E-state index in [1.54, 1.807) is 0 Å². The van der Waals surface area contributed by atoms with E-state index in [2.05, 4.69) is 0 Å². The Morgan fingerprint density at radius 3 is 2.50 bits per heavy atom. The van der Waals surface area contributed by atoms with E-state index in [0.717, 1.165) is 12.1 Å². The van der Waals surface area contributed by atoms with E-state index >= 15 is 0 Å². The van der Waals surface area contributed by atoms with Gasteiger partial charge < -0.3 is 15.9 Å². The second-order valence-corrected chi connectivity index (χ2v) is 3.81. The van der Waals surface area contributed by atoms with Gasteiger partial charge in [-0.25, -0.2) is 0 Å². The molecule has 0 aliphatic rings. The van der Waals surface area contributed by atoms with Crippen molar-refractivity contribution in [1.82, 2.24) is 0 Å². The fourth-order valence-corrected chi connectivity index (χ4v) is 1.55. The standard InChI is InChI=1S/C11H12F3NO3/c12-11(13,14)8-5-6(16)1-2-7(8)9(15)3-4-10(17)18/h1-2,5,9,16H,3-4,15H2,(H,17,18). The summed E-state index contributed by atoms with van der Waals surface area (Å²) < 4.78 is 38.1. The topological polar surface area (TPSA) is 83.6 Å². The largest absolute Gasteiger partial charge is 0.508 e. The van der Waals surface area contributed by atoms with Gasteiger partial charge in [-0.15, -0.1) is 0 Å². The normalized spacial score (nSPS) is 13.3. The first kappa shape index (κ1) is 14.3. The number of carboxylic acid groups (broad SMARTS) is 1. The zero-order chi connectivity index (χ0) is 13.9. The molecule has 0 heterocycles. The Kier molecular flexibility index (Phi) is 4.18. The van der Waals surface area contributed by atoms with E-state index < -0.39 is 29.5 Å². The first-order valence-electron chi connectivity index (χ1n) is 5.09. The average molecular weight is 263 g/mol. The van der Waals surface area contributed by atoms with Gasteiger partial charge in [0.05, 0.1) is 5.56 Å². The molecule has 0 fully saturated rings. The summed E-state index contributed by atoms with van der Waals surface area (Å²) in [5.74, 6) is -1.64. The third kappa shape index (κ3) is 3.63. The van der Waals surface area contributed by atoms with Gasteiger partial charge >= 0.3 is 12.1 Å².